The number of H-pyrrole nitrogens is 1. The van der Waals surface area contributed by atoms with Crippen LogP contribution in [0, 0.1) is 11.3 Å². The van der Waals surface area contributed by atoms with Crippen molar-refractivity contribution in [1.82, 2.24) is 15.0 Å². The van der Waals surface area contributed by atoms with Crippen molar-refractivity contribution >= 4 is 16.9 Å². The summed E-state index contributed by atoms with van der Waals surface area (Å²) in [4.78, 5) is 11.0. The highest BCUT2D eigenvalue weighted by molar-refractivity contribution is 5.96. The number of rotatable bonds is 3. The van der Waals surface area contributed by atoms with Gasteiger partial charge in [-0.3, -0.25) is 0 Å². The monoisotopic (exact) mass is 412 g/mol. The lowest BCUT2D eigenvalue weighted by Gasteiger charge is -2.27. The van der Waals surface area contributed by atoms with Gasteiger partial charge in [-0.15, -0.1) is 0 Å². The van der Waals surface area contributed by atoms with Crippen LogP contribution in [0.1, 0.15) is 30.9 Å². The molecule has 2 heterocycles. The number of nitrogens with one attached hydrogen (secondary N) is 2. The van der Waals surface area contributed by atoms with Gasteiger partial charge in [-0.1, -0.05) is 17.7 Å². The van der Waals surface area contributed by atoms with Gasteiger partial charge in [0.25, 0.3) is 0 Å². The van der Waals surface area contributed by atoms with Crippen molar-refractivity contribution in [2.24, 2.45) is 5.73 Å². The van der Waals surface area contributed by atoms with Gasteiger partial charge in [-0.25, -0.2) is 9.97 Å². The van der Waals surface area contributed by atoms with Crippen molar-refractivity contribution in [2.75, 3.05) is 5.32 Å². The van der Waals surface area contributed by atoms with Gasteiger partial charge in [0.2, 0.25) is 5.95 Å². The number of nitrogens with two attached hydrogens (primary N) is 1. The van der Waals surface area contributed by atoms with E-state index in [-0.39, 0.29) is 29.3 Å². The van der Waals surface area contributed by atoms with E-state index < -0.39 is 11.7 Å². The standard InChI is InChI=1S/C21H19F3N6/c1-11-2-5-17(16(26)6-11)29-20-28-10-15(21(22,23)24)19(30-20)14-9-27-18-7-12(8-25)3-4-13(14)18/h3-4,6-7,9-10,16-17,27H,2,5,26H2,1H3,(H,28,29,30)/t16-,17-/m0/s1. The van der Waals surface area contributed by atoms with E-state index in [0.717, 1.165) is 19.0 Å². The minimum Gasteiger partial charge on any atom is -0.360 e. The maximum atomic E-state index is 13.7. The highest BCUT2D eigenvalue weighted by Gasteiger charge is 2.36. The molecule has 0 radical (unpaired) electrons. The first kappa shape index (κ1) is 19.9. The lowest BCUT2D eigenvalue weighted by molar-refractivity contribution is -0.137. The molecule has 2 aromatic heterocycles. The molecule has 1 aliphatic carbocycles. The number of fused-ring (bicyclic) bond motifs is 1. The Morgan fingerprint density at radius 1 is 1.33 bits per heavy atom. The zero-order valence-corrected chi connectivity index (χ0v) is 16.1. The van der Waals surface area contributed by atoms with Gasteiger partial charge >= 0.3 is 6.18 Å². The minimum absolute atomic E-state index is 0.0920. The lowest BCUT2D eigenvalue weighted by Crippen LogP contribution is -2.41. The normalized spacial score (nSPS) is 19.4. The molecule has 3 aromatic rings. The molecule has 0 amide bonds. The molecule has 0 saturated heterocycles. The Kier molecular flexibility index (Phi) is 4.95. The summed E-state index contributed by atoms with van der Waals surface area (Å²) in [5.74, 6) is 0.0920. The van der Waals surface area contributed by atoms with Gasteiger partial charge in [-0.05, 0) is 31.9 Å². The molecule has 0 unspecified atom stereocenters. The first-order valence-corrected chi connectivity index (χ1v) is 9.41. The van der Waals surface area contributed by atoms with Crippen LogP contribution in [0.25, 0.3) is 22.2 Å². The van der Waals surface area contributed by atoms with Gasteiger partial charge in [-0.2, -0.15) is 18.4 Å². The molecule has 0 fully saturated rings. The Bertz CT molecular complexity index is 1170. The summed E-state index contributed by atoms with van der Waals surface area (Å²) < 4.78 is 41.0. The van der Waals surface area contributed by atoms with Crippen LogP contribution in [-0.4, -0.2) is 27.0 Å². The summed E-state index contributed by atoms with van der Waals surface area (Å²) in [6.45, 7) is 2.00. The van der Waals surface area contributed by atoms with E-state index in [1.54, 1.807) is 18.2 Å². The maximum absolute atomic E-state index is 13.7. The van der Waals surface area contributed by atoms with Gasteiger partial charge in [0, 0.05) is 40.9 Å². The van der Waals surface area contributed by atoms with E-state index in [0.29, 0.717) is 16.5 Å². The van der Waals surface area contributed by atoms with E-state index in [4.69, 9.17) is 11.0 Å². The number of anilines is 1. The summed E-state index contributed by atoms with van der Waals surface area (Å²) in [5, 5.41) is 12.7. The van der Waals surface area contributed by atoms with Crippen LogP contribution < -0.4 is 11.1 Å². The Labute approximate surface area is 170 Å². The van der Waals surface area contributed by atoms with Crippen LogP contribution in [0.3, 0.4) is 0 Å². The van der Waals surface area contributed by atoms with Crippen LogP contribution >= 0.6 is 0 Å². The van der Waals surface area contributed by atoms with Crippen LogP contribution in [0.5, 0.6) is 0 Å². The van der Waals surface area contributed by atoms with Gasteiger partial charge in [0.05, 0.1) is 17.3 Å². The highest BCUT2D eigenvalue weighted by atomic mass is 19.4. The Morgan fingerprint density at radius 2 is 2.13 bits per heavy atom. The highest BCUT2D eigenvalue weighted by Crippen LogP contribution is 2.39. The summed E-state index contributed by atoms with van der Waals surface area (Å²) in [5.41, 5.74) is 7.42. The Hall–Kier alpha value is -3.38. The van der Waals surface area contributed by atoms with E-state index in [2.05, 4.69) is 20.3 Å². The van der Waals surface area contributed by atoms with Crippen LogP contribution in [0.15, 0.2) is 42.2 Å². The molecular formula is C21H19F3N6. The molecule has 0 bridgehead atoms. The fourth-order valence-electron chi connectivity index (χ4n) is 3.69. The molecule has 154 valence electrons. The molecule has 6 nitrogen and oxygen atoms in total. The van der Waals surface area contributed by atoms with E-state index in [1.807, 2.05) is 19.1 Å². The van der Waals surface area contributed by atoms with Gasteiger partial charge in [0.15, 0.2) is 0 Å². The first-order valence-electron chi connectivity index (χ1n) is 9.41. The number of hydrogen-bond acceptors (Lipinski definition) is 5. The number of alkyl halides is 3. The molecule has 1 aromatic carbocycles. The quantitative estimate of drug-likeness (QED) is 0.555. The number of aromatic amines is 1. The van der Waals surface area contributed by atoms with Crippen molar-refractivity contribution < 1.29 is 13.2 Å². The van der Waals surface area contributed by atoms with Crippen LogP contribution in [-0.2, 0) is 6.18 Å². The zero-order valence-electron chi connectivity index (χ0n) is 16.1. The van der Waals surface area contributed by atoms with Crippen molar-refractivity contribution in [1.29, 1.82) is 5.26 Å². The summed E-state index contributed by atoms with van der Waals surface area (Å²) in [6.07, 6.45) is 1.17. The van der Waals surface area contributed by atoms with E-state index >= 15 is 0 Å². The van der Waals surface area contributed by atoms with E-state index in [9.17, 15) is 13.2 Å². The fourth-order valence-corrected chi connectivity index (χ4v) is 3.69. The summed E-state index contributed by atoms with van der Waals surface area (Å²) in [7, 11) is 0. The lowest BCUT2D eigenvalue weighted by atomic mass is 9.92. The van der Waals surface area contributed by atoms with E-state index in [1.165, 1.54) is 11.8 Å². The van der Waals surface area contributed by atoms with Gasteiger partial charge < -0.3 is 16.0 Å². The van der Waals surface area contributed by atoms with Crippen molar-refractivity contribution in [2.45, 2.75) is 38.0 Å². The minimum atomic E-state index is -4.62. The molecule has 4 rings (SSSR count). The number of aromatic nitrogens is 3. The SMILES string of the molecule is CC1=C[C@H](N)[C@@H](Nc2ncc(C(F)(F)F)c(-c3c[nH]c4cc(C#N)ccc34)n2)CC1. The molecule has 0 saturated carbocycles. The largest absolute Gasteiger partial charge is 0.419 e. The third-order valence-corrected chi connectivity index (χ3v) is 5.27. The average Bonchev–Trinajstić information content (AvgIpc) is 3.12. The molecule has 30 heavy (non-hydrogen) atoms. The van der Waals surface area contributed by atoms with Crippen LogP contribution in [0.2, 0.25) is 0 Å². The summed E-state index contributed by atoms with van der Waals surface area (Å²) >= 11 is 0. The molecule has 0 spiro atoms. The predicted octanol–water partition coefficient (Wildman–Crippen LogP) is 4.36. The molecule has 1 aliphatic rings. The fraction of sp³-hybridized carbons (Fsp3) is 0.286. The number of allylic oxidation sites excluding steroid dienone is 1. The molecule has 0 aliphatic heterocycles. The summed E-state index contributed by atoms with van der Waals surface area (Å²) in [6, 6.07) is 6.33. The Morgan fingerprint density at radius 3 is 2.83 bits per heavy atom. The van der Waals surface area contributed by atoms with Gasteiger partial charge in [0.1, 0.15) is 5.56 Å². The molecular weight excluding hydrogens is 393 g/mol. The second-order valence-electron chi connectivity index (χ2n) is 7.41. The average molecular weight is 412 g/mol. The maximum Gasteiger partial charge on any atom is 0.419 e. The number of nitrogens with zero attached hydrogens (tertiary/aromatic N) is 3. The third-order valence-electron chi connectivity index (χ3n) is 5.27. The first-order chi connectivity index (χ1) is 14.3. The van der Waals surface area contributed by atoms with Crippen molar-refractivity contribution in [3.8, 4) is 17.3 Å². The topological polar surface area (TPSA) is 103 Å². The second kappa shape index (κ2) is 7.46. The van der Waals surface area contributed by atoms with Crippen molar-refractivity contribution in [3.63, 3.8) is 0 Å². The molecule has 2 atom stereocenters. The number of benzene rings is 1. The second-order valence-corrected chi connectivity index (χ2v) is 7.41. The smallest absolute Gasteiger partial charge is 0.360 e. The third kappa shape index (κ3) is 3.74. The predicted molar refractivity (Wildman–Crippen MR) is 107 cm³/mol. The zero-order chi connectivity index (χ0) is 21.5. The number of halogens is 3. The van der Waals surface area contributed by atoms with Crippen LogP contribution in [0.4, 0.5) is 19.1 Å². The van der Waals surface area contributed by atoms with Crippen molar-refractivity contribution in [3.05, 3.63) is 53.4 Å². The number of hydrogen-bond donors (Lipinski definition) is 3. The molecule has 4 N–H and O–H groups in total. The number of nitriles is 1. The molecule has 9 heteroatoms. The Balaban J connectivity index is 1.78.